The molecule has 5 heteroatoms. The van der Waals surface area contributed by atoms with Gasteiger partial charge >= 0.3 is 0 Å². The summed E-state index contributed by atoms with van der Waals surface area (Å²) < 4.78 is 5.38. The summed E-state index contributed by atoms with van der Waals surface area (Å²) >= 11 is 0. The first kappa shape index (κ1) is 18.4. The van der Waals surface area contributed by atoms with Crippen LogP contribution in [0.3, 0.4) is 0 Å². The van der Waals surface area contributed by atoms with E-state index in [1.54, 1.807) is 7.11 Å². The van der Waals surface area contributed by atoms with Gasteiger partial charge in [0.2, 0.25) is 5.91 Å². The molecule has 2 heterocycles. The van der Waals surface area contributed by atoms with Crippen molar-refractivity contribution in [1.82, 2.24) is 15.1 Å². The number of likely N-dealkylation sites (tertiary alicyclic amines) is 1. The zero-order chi connectivity index (χ0) is 17.7. The quantitative estimate of drug-likeness (QED) is 0.853. The summed E-state index contributed by atoms with van der Waals surface area (Å²) in [6, 6.07) is 11.0. The van der Waals surface area contributed by atoms with E-state index < -0.39 is 0 Å². The van der Waals surface area contributed by atoms with E-state index in [2.05, 4.69) is 40.5 Å². The van der Waals surface area contributed by atoms with E-state index in [-0.39, 0.29) is 11.3 Å². The lowest BCUT2D eigenvalue weighted by Crippen LogP contribution is -2.52. The van der Waals surface area contributed by atoms with Crippen LogP contribution in [0.15, 0.2) is 30.3 Å². The van der Waals surface area contributed by atoms with Crippen molar-refractivity contribution in [3.8, 4) is 0 Å². The Morgan fingerprint density at radius 3 is 2.64 bits per heavy atom. The van der Waals surface area contributed by atoms with Gasteiger partial charge in [0.05, 0.1) is 12.0 Å². The molecule has 0 bridgehead atoms. The molecule has 2 saturated heterocycles. The van der Waals surface area contributed by atoms with Crippen LogP contribution in [0.4, 0.5) is 0 Å². The number of nitrogens with zero attached hydrogens (tertiary/aromatic N) is 2. The van der Waals surface area contributed by atoms with Crippen molar-refractivity contribution in [2.45, 2.75) is 31.8 Å². The van der Waals surface area contributed by atoms with Crippen LogP contribution in [0.2, 0.25) is 0 Å². The first-order valence-electron chi connectivity index (χ1n) is 9.38. The number of piperidine rings is 1. The maximum absolute atomic E-state index is 13.1. The number of amides is 1. The standard InChI is InChI=1S/C20H31N3O2/c1-22(19(24)20(16-25-2)10-11-21-15-20)18-8-12-23(13-9-18)14-17-6-4-3-5-7-17/h3-7,18,21H,8-16H2,1-2H3. The number of carbonyl (C=O) groups excluding carboxylic acids is 1. The lowest BCUT2D eigenvalue weighted by atomic mass is 9.85. The molecule has 2 fully saturated rings. The normalized spacial score (nSPS) is 25.2. The summed E-state index contributed by atoms with van der Waals surface area (Å²) in [6.07, 6.45) is 2.97. The largest absolute Gasteiger partial charge is 0.384 e. The van der Waals surface area contributed by atoms with Crippen molar-refractivity contribution in [2.24, 2.45) is 5.41 Å². The molecular weight excluding hydrogens is 314 g/mol. The van der Waals surface area contributed by atoms with Crippen molar-refractivity contribution in [1.29, 1.82) is 0 Å². The highest BCUT2D eigenvalue weighted by Crippen LogP contribution is 2.30. The maximum atomic E-state index is 13.1. The highest BCUT2D eigenvalue weighted by atomic mass is 16.5. The zero-order valence-electron chi connectivity index (χ0n) is 15.5. The smallest absolute Gasteiger partial charge is 0.232 e. The third kappa shape index (κ3) is 4.22. The molecule has 0 aromatic heterocycles. The van der Waals surface area contributed by atoms with Gasteiger partial charge in [0, 0.05) is 46.4 Å². The van der Waals surface area contributed by atoms with E-state index in [1.807, 2.05) is 11.9 Å². The molecule has 1 N–H and O–H groups in total. The molecule has 3 rings (SSSR count). The third-order valence-electron chi connectivity index (χ3n) is 5.79. The average molecular weight is 345 g/mol. The molecule has 2 aliphatic rings. The number of rotatable bonds is 6. The van der Waals surface area contributed by atoms with Gasteiger partial charge in [-0.05, 0) is 31.4 Å². The van der Waals surface area contributed by atoms with Gasteiger partial charge in [-0.15, -0.1) is 0 Å². The van der Waals surface area contributed by atoms with Crippen molar-refractivity contribution in [3.05, 3.63) is 35.9 Å². The Bertz CT molecular complexity index is 549. The Morgan fingerprint density at radius 2 is 2.04 bits per heavy atom. The molecule has 5 nitrogen and oxygen atoms in total. The summed E-state index contributed by atoms with van der Waals surface area (Å²) in [4.78, 5) is 17.6. The number of nitrogens with one attached hydrogen (secondary N) is 1. The molecule has 1 amide bonds. The van der Waals surface area contributed by atoms with Gasteiger partial charge in [-0.3, -0.25) is 9.69 Å². The molecule has 0 radical (unpaired) electrons. The molecule has 1 aromatic carbocycles. The second kappa shape index (κ2) is 8.30. The number of methoxy groups -OCH3 is 1. The van der Waals surface area contributed by atoms with Crippen molar-refractivity contribution < 1.29 is 9.53 Å². The fraction of sp³-hybridized carbons (Fsp3) is 0.650. The first-order chi connectivity index (χ1) is 12.1. The zero-order valence-corrected chi connectivity index (χ0v) is 15.5. The SMILES string of the molecule is COCC1(C(=O)N(C)C2CCN(Cc3ccccc3)CC2)CCNC1. The molecule has 0 saturated carbocycles. The highest BCUT2D eigenvalue weighted by molar-refractivity contribution is 5.83. The van der Waals surface area contributed by atoms with Crippen LogP contribution in [0, 0.1) is 5.41 Å². The second-order valence-electron chi connectivity index (χ2n) is 7.55. The Balaban J connectivity index is 1.54. The number of hydrogen-bond acceptors (Lipinski definition) is 4. The van der Waals surface area contributed by atoms with Gasteiger partial charge < -0.3 is 15.0 Å². The van der Waals surface area contributed by atoms with Crippen LogP contribution < -0.4 is 5.32 Å². The molecule has 1 aromatic rings. The molecule has 1 unspecified atom stereocenters. The molecule has 0 aliphatic carbocycles. The summed E-state index contributed by atoms with van der Waals surface area (Å²) in [5, 5.41) is 3.34. The molecular formula is C20H31N3O2. The van der Waals surface area contributed by atoms with Gasteiger partial charge in [0.1, 0.15) is 0 Å². The van der Waals surface area contributed by atoms with Gasteiger partial charge in [-0.1, -0.05) is 30.3 Å². The fourth-order valence-corrected chi connectivity index (χ4v) is 4.23. The van der Waals surface area contributed by atoms with Crippen LogP contribution in [-0.2, 0) is 16.1 Å². The number of benzene rings is 1. The van der Waals surface area contributed by atoms with Gasteiger partial charge in [0.25, 0.3) is 0 Å². The summed E-state index contributed by atoms with van der Waals surface area (Å²) in [7, 11) is 3.67. The van der Waals surface area contributed by atoms with Crippen LogP contribution in [0.25, 0.3) is 0 Å². The van der Waals surface area contributed by atoms with Gasteiger partial charge in [0.15, 0.2) is 0 Å². The Hall–Kier alpha value is -1.43. The van der Waals surface area contributed by atoms with E-state index in [9.17, 15) is 4.79 Å². The Kier molecular flexibility index (Phi) is 6.10. The topological polar surface area (TPSA) is 44.8 Å². The van der Waals surface area contributed by atoms with Gasteiger partial charge in [-0.25, -0.2) is 0 Å². The first-order valence-corrected chi connectivity index (χ1v) is 9.38. The van der Waals surface area contributed by atoms with Crippen LogP contribution in [-0.4, -0.2) is 68.7 Å². The lowest BCUT2D eigenvalue weighted by Gasteiger charge is -2.40. The summed E-state index contributed by atoms with van der Waals surface area (Å²) in [5.41, 5.74) is 0.992. The van der Waals surface area contributed by atoms with E-state index in [0.717, 1.165) is 52.0 Å². The van der Waals surface area contributed by atoms with E-state index in [4.69, 9.17) is 4.74 Å². The van der Waals surface area contributed by atoms with Crippen molar-refractivity contribution in [3.63, 3.8) is 0 Å². The Morgan fingerprint density at radius 1 is 1.32 bits per heavy atom. The molecule has 2 aliphatic heterocycles. The van der Waals surface area contributed by atoms with E-state index in [0.29, 0.717) is 12.6 Å². The second-order valence-corrected chi connectivity index (χ2v) is 7.55. The molecule has 138 valence electrons. The maximum Gasteiger partial charge on any atom is 0.232 e. The fourth-order valence-electron chi connectivity index (χ4n) is 4.23. The Labute approximate surface area is 151 Å². The molecule has 0 spiro atoms. The highest BCUT2D eigenvalue weighted by Gasteiger charge is 2.44. The van der Waals surface area contributed by atoms with Crippen LogP contribution >= 0.6 is 0 Å². The number of hydrogen-bond donors (Lipinski definition) is 1. The van der Waals surface area contributed by atoms with E-state index >= 15 is 0 Å². The van der Waals surface area contributed by atoms with Crippen LogP contribution in [0.1, 0.15) is 24.8 Å². The predicted molar refractivity (Wildman–Crippen MR) is 99.3 cm³/mol. The monoisotopic (exact) mass is 345 g/mol. The minimum Gasteiger partial charge on any atom is -0.384 e. The average Bonchev–Trinajstić information content (AvgIpc) is 3.12. The van der Waals surface area contributed by atoms with Crippen LogP contribution in [0.5, 0.6) is 0 Å². The third-order valence-corrected chi connectivity index (χ3v) is 5.79. The molecule has 1 atom stereocenters. The number of carbonyl (C=O) groups is 1. The number of ether oxygens (including phenoxy) is 1. The summed E-state index contributed by atoms with van der Waals surface area (Å²) in [5.74, 6) is 0.251. The van der Waals surface area contributed by atoms with Crippen molar-refractivity contribution >= 4 is 5.91 Å². The van der Waals surface area contributed by atoms with E-state index in [1.165, 1.54) is 5.56 Å². The minimum absolute atomic E-state index is 0.251. The van der Waals surface area contributed by atoms with Crippen molar-refractivity contribution in [2.75, 3.05) is 46.9 Å². The lowest BCUT2D eigenvalue weighted by molar-refractivity contribution is -0.146. The minimum atomic E-state index is -0.370. The predicted octanol–water partition coefficient (Wildman–Crippen LogP) is 1.74. The van der Waals surface area contributed by atoms with Gasteiger partial charge in [-0.2, -0.15) is 0 Å². The molecule has 25 heavy (non-hydrogen) atoms. The summed E-state index contributed by atoms with van der Waals surface area (Å²) in [6.45, 7) is 5.24.